The van der Waals surface area contributed by atoms with E-state index in [0.717, 1.165) is 0 Å². The van der Waals surface area contributed by atoms with Crippen LogP contribution in [0.5, 0.6) is 5.75 Å². The number of aliphatic hydroxyl groups is 1. The van der Waals surface area contributed by atoms with Crippen molar-refractivity contribution in [1.82, 2.24) is 0 Å². The summed E-state index contributed by atoms with van der Waals surface area (Å²) in [4.78, 5) is 10.8. The highest BCUT2D eigenvalue weighted by atomic mass is 16.5. The minimum absolute atomic E-state index is 0.137. The van der Waals surface area contributed by atoms with Gasteiger partial charge in [0.2, 0.25) is 0 Å². The van der Waals surface area contributed by atoms with Crippen molar-refractivity contribution in [3.63, 3.8) is 0 Å². The minimum atomic E-state index is -0.398. The Hall–Kier alpha value is -2.33. The number of carbonyl (C=O) groups is 1. The van der Waals surface area contributed by atoms with Gasteiger partial charge in [-0.2, -0.15) is 0 Å². The number of rotatable bonds is 3. The Morgan fingerprint density at radius 1 is 1.10 bits per heavy atom. The number of aromatic hydroxyl groups is 1. The molecule has 0 bridgehead atoms. The molecule has 0 amide bonds. The fraction of sp³-hybridized carbons (Fsp3) is 0.235. The number of hydrogen-bond donors (Lipinski definition) is 2. The maximum absolute atomic E-state index is 10.8. The van der Waals surface area contributed by atoms with Gasteiger partial charge in [-0.1, -0.05) is 37.3 Å². The second-order valence-electron chi connectivity index (χ2n) is 4.53. The highest BCUT2D eigenvalue weighted by molar-refractivity contribution is 5.89. The smallest absolute Gasteiger partial charge is 0.337 e. The summed E-state index contributed by atoms with van der Waals surface area (Å²) >= 11 is 0. The molecule has 0 aliphatic rings. The summed E-state index contributed by atoms with van der Waals surface area (Å²) < 4.78 is 4.46. The molecule has 112 valence electrons. The van der Waals surface area contributed by atoms with Gasteiger partial charge < -0.3 is 14.9 Å². The third-order valence-corrected chi connectivity index (χ3v) is 2.93. The number of phenols is 1. The van der Waals surface area contributed by atoms with E-state index in [9.17, 15) is 4.79 Å². The van der Waals surface area contributed by atoms with E-state index in [1.165, 1.54) is 36.9 Å². The Balaban J connectivity index is 0.000000211. The molecule has 4 heteroatoms. The van der Waals surface area contributed by atoms with E-state index < -0.39 is 5.97 Å². The average Bonchev–Trinajstić information content (AvgIpc) is 2.55. The van der Waals surface area contributed by atoms with Gasteiger partial charge in [-0.25, -0.2) is 4.79 Å². The van der Waals surface area contributed by atoms with Crippen molar-refractivity contribution in [2.24, 2.45) is 0 Å². The molecule has 0 saturated heterocycles. The Morgan fingerprint density at radius 2 is 1.67 bits per heavy atom. The van der Waals surface area contributed by atoms with Gasteiger partial charge in [0.1, 0.15) is 5.75 Å². The van der Waals surface area contributed by atoms with Gasteiger partial charge in [0.15, 0.2) is 0 Å². The number of methoxy groups -OCH3 is 1. The summed E-state index contributed by atoms with van der Waals surface area (Å²) in [7, 11) is 1.31. The van der Waals surface area contributed by atoms with Crippen molar-refractivity contribution >= 4 is 5.97 Å². The molecule has 0 aliphatic heterocycles. The lowest BCUT2D eigenvalue weighted by Crippen LogP contribution is -1.99. The predicted molar refractivity (Wildman–Crippen MR) is 81.4 cm³/mol. The van der Waals surface area contributed by atoms with E-state index in [4.69, 9.17) is 10.2 Å². The topological polar surface area (TPSA) is 66.8 Å². The first kappa shape index (κ1) is 16.7. The van der Waals surface area contributed by atoms with Gasteiger partial charge in [0, 0.05) is 12.5 Å². The maximum atomic E-state index is 10.8. The van der Waals surface area contributed by atoms with E-state index in [-0.39, 0.29) is 18.3 Å². The zero-order chi connectivity index (χ0) is 15.7. The number of phenolic OH excluding ortho intramolecular Hbond substituents is 1. The number of esters is 1. The molecule has 21 heavy (non-hydrogen) atoms. The van der Waals surface area contributed by atoms with Crippen LogP contribution >= 0.6 is 0 Å². The molecule has 0 spiro atoms. The molecule has 2 aromatic carbocycles. The van der Waals surface area contributed by atoms with Gasteiger partial charge in [-0.15, -0.1) is 0 Å². The van der Waals surface area contributed by atoms with Crippen molar-refractivity contribution in [1.29, 1.82) is 0 Å². The molecule has 1 atom stereocenters. The Morgan fingerprint density at radius 3 is 2.14 bits per heavy atom. The van der Waals surface area contributed by atoms with Gasteiger partial charge in [-0.3, -0.25) is 0 Å². The number of benzene rings is 2. The van der Waals surface area contributed by atoms with E-state index in [0.29, 0.717) is 5.56 Å². The van der Waals surface area contributed by atoms with E-state index in [1.807, 2.05) is 37.3 Å². The molecule has 0 fully saturated rings. The summed E-state index contributed by atoms with van der Waals surface area (Å²) in [5.41, 5.74) is 1.63. The van der Waals surface area contributed by atoms with Crippen LogP contribution in [0.1, 0.15) is 28.8 Å². The van der Waals surface area contributed by atoms with E-state index >= 15 is 0 Å². The van der Waals surface area contributed by atoms with Crippen LogP contribution in [0.3, 0.4) is 0 Å². The van der Waals surface area contributed by atoms with Gasteiger partial charge >= 0.3 is 5.97 Å². The fourth-order valence-corrected chi connectivity index (χ4v) is 1.60. The molecular formula is C17H20O4. The molecule has 0 radical (unpaired) electrons. The molecule has 2 N–H and O–H groups in total. The molecule has 0 heterocycles. The Kier molecular flexibility index (Phi) is 6.98. The van der Waals surface area contributed by atoms with Gasteiger partial charge in [0.05, 0.1) is 12.7 Å². The summed E-state index contributed by atoms with van der Waals surface area (Å²) in [6, 6.07) is 15.9. The standard InChI is InChI=1S/C9H12O.C8H8O3/c1-8(7-10)9-5-3-2-4-6-9;1-11-8(10)6-2-4-7(9)5-3-6/h2-6,8,10H,7H2,1H3;2-5,9H,1H3. The second kappa shape index (κ2) is 8.76. The van der Waals surface area contributed by atoms with Crippen molar-refractivity contribution < 1.29 is 19.7 Å². The first-order valence-electron chi connectivity index (χ1n) is 6.61. The first-order valence-corrected chi connectivity index (χ1v) is 6.61. The quantitative estimate of drug-likeness (QED) is 0.852. The molecule has 0 aromatic heterocycles. The van der Waals surface area contributed by atoms with Crippen molar-refractivity contribution in [2.75, 3.05) is 13.7 Å². The zero-order valence-electron chi connectivity index (χ0n) is 12.2. The lowest BCUT2D eigenvalue weighted by Gasteiger charge is -2.05. The van der Waals surface area contributed by atoms with Crippen molar-refractivity contribution in [3.8, 4) is 5.75 Å². The zero-order valence-corrected chi connectivity index (χ0v) is 12.2. The van der Waals surface area contributed by atoms with Crippen molar-refractivity contribution in [3.05, 3.63) is 65.7 Å². The fourth-order valence-electron chi connectivity index (χ4n) is 1.60. The maximum Gasteiger partial charge on any atom is 0.337 e. The third kappa shape index (κ3) is 5.67. The largest absolute Gasteiger partial charge is 0.508 e. The molecule has 4 nitrogen and oxygen atoms in total. The second-order valence-corrected chi connectivity index (χ2v) is 4.53. The monoisotopic (exact) mass is 288 g/mol. The van der Waals surface area contributed by atoms with E-state index in [1.54, 1.807) is 0 Å². The Bertz CT molecular complexity index is 534. The minimum Gasteiger partial charge on any atom is -0.508 e. The van der Waals surface area contributed by atoms with Crippen LogP contribution in [0.2, 0.25) is 0 Å². The third-order valence-electron chi connectivity index (χ3n) is 2.93. The summed E-state index contributed by atoms with van der Waals surface area (Å²) in [5.74, 6) is 0.00357. The summed E-state index contributed by atoms with van der Waals surface area (Å²) in [5, 5.41) is 17.6. The SMILES string of the molecule is CC(CO)c1ccccc1.COC(=O)c1ccc(O)cc1. The molecule has 0 aliphatic carbocycles. The van der Waals surface area contributed by atoms with Crippen LogP contribution < -0.4 is 0 Å². The summed E-state index contributed by atoms with van der Waals surface area (Å²) in [6.45, 7) is 2.24. The van der Waals surface area contributed by atoms with Crippen LogP contribution in [-0.2, 0) is 4.74 Å². The van der Waals surface area contributed by atoms with Crippen molar-refractivity contribution in [2.45, 2.75) is 12.8 Å². The molecule has 2 rings (SSSR count). The highest BCUT2D eigenvalue weighted by Gasteiger charge is 2.02. The van der Waals surface area contributed by atoms with Crippen LogP contribution in [0.4, 0.5) is 0 Å². The average molecular weight is 288 g/mol. The lowest BCUT2D eigenvalue weighted by molar-refractivity contribution is 0.0600. The highest BCUT2D eigenvalue weighted by Crippen LogP contribution is 2.12. The molecule has 2 aromatic rings. The normalized spacial score (nSPS) is 11.0. The number of hydrogen-bond acceptors (Lipinski definition) is 4. The number of aliphatic hydroxyl groups excluding tert-OH is 1. The first-order chi connectivity index (χ1) is 10.1. The Labute approximate surface area is 124 Å². The number of carbonyl (C=O) groups excluding carboxylic acids is 1. The van der Waals surface area contributed by atoms with Crippen LogP contribution in [0.15, 0.2) is 54.6 Å². The molecular weight excluding hydrogens is 268 g/mol. The molecule has 1 unspecified atom stereocenters. The molecule has 0 saturated carbocycles. The summed E-state index contributed by atoms with van der Waals surface area (Å²) in [6.07, 6.45) is 0. The van der Waals surface area contributed by atoms with Crippen LogP contribution in [0.25, 0.3) is 0 Å². The van der Waals surface area contributed by atoms with Gasteiger partial charge in [-0.05, 0) is 29.8 Å². The number of ether oxygens (including phenoxy) is 1. The van der Waals surface area contributed by atoms with Gasteiger partial charge in [0.25, 0.3) is 0 Å². The lowest BCUT2D eigenvalue weighted by atomic mass is 10.0. The van der Waals surface area contributed by atoms with Crippen LogP contribution in [-0.4, -0.2) is 29.9 Å². The van der Waals surface area contributed by atoms with E-state index in [2.05, 4.69) is 4.74 Å². The predicted octanol–water partition coefficient (Wildman–Crippen LogP) is 2.96. The van der Waals surface area contributed by atoms with Crippen LogP contribution in [0, 0.1) is 0 Å².